The minimum absolute atomic E-state index is 0.281. The number of halogens is 1. The Morgan fingerprint density at radius 2 is 1.85 bits per heavy atom. The molecule has 0 bridgehead atoms. The quantitative estimate of drug-likeness (QED) is 0.523. The van der Waals surface area contributed by atoms with Crippen LogP contribution < -0.4 is 19.6 Å². The van der Waals surface area contributed by atoms with Gasteiger partial charge in [0.2, 0.25) is 0 Å². The number of ether oxygens (including phenoxy) is 2. The van der Waals surface area contributed by atoms with E-state index in [0.717, 1.165) is 5.56 Å². The minimum atomic E-state index is -1.07. The molecular formula is C24H19ClN2O6S. The standard InChI is InChI=1S/C24H19ClN2O6S/c1-13-20(23(31)32-2)21(15-5-7-16(25)8-6-15)27-22(30)18(34-24(27)26-13)11-14-3-9-17(10-4-14)33-12-19(28)29/h3-11,21H,12H2,1-2H3,(H,28,29)/b18-11-. The van der Waals surface area contributed by atoms with E-state index in [0.29, 0.717) is 31.4 Å². The number of methoxy groups -OCH3 is 1. The predicted octanol–water partition coefficient (Wildman–Crippen LogP) is 2.53. The van der Waals surface area contributed by atoms with Crippen LogP contribution in [0.25, 0.3) is 6.08 Å². The average Bonchev–Trinajstić information content (AvgIpc) is 3.12. The molecule has 2 heterocycles. The van der Waals surface area contributed by atoms with Crippen molar-refractivity contribution in [2.45, 2.75) is 13.0 Å². The number of allylic oxidation sites excluding steroid dienone is 1. The lowest BCUT2D eigenvalue weighted by Gasteiger charge is -2.24. The normalized spacial score (nSPS) is 15.5. The molecule has 8 nitrogen and oxygen atoms in total. The minimum Gasteiger partial charge on any atom is -0.482 e. The van der Waals surface area contributed by atoms with Gasteiger partial charge in [0.1, 0.15) is 5.75 Å². The third kappa shape index (κ3) is 4.66. The maximum absolute atomic E-state index is 13.5. The Labute approximate surface area is 202 Å². The van der Waals surface area contributed by atoms with Crippen molar-refractivity contribution in [1.29, 1.82) is 0 Å². The Kier molecular flexibility index (Phi) is 6.67. The second kappa shape index (κ2) is 9.66. The van der Waals surface area contributed by atoms with Crippen molar-refractivity contribution in [3.63, 3.8) is 0 Å². The number of esters is 1. The van der Waals surface area contributed by atoms with Crippen LogP contribution in [0.2, 0.25) is 5.02 Å². The van der Waals surface area contributed by atoms with E-state index in [4.69, 9.17) is 26.2 Å². The zero-order valence-electron chi connectivity index (χ0n) is 18.1. The van der Waals surface area contributed by atoms with Crippen LogP contribution in [0.1, 0.15) is 24.1 Å². The SMILES string of the molecule is COC(=O)C1=C(C)N=c2s/c(=C\c3ccc(OCC(=O)O)cc3)c(=O)n2C1c1ccc(Cl)cc1. The van der Waals surface area contributed by atoms with E-state index < -0.39 is 24.6 Å². The van der Waals surface area contributed by atoms with Crippen LogP contribution in [0, 0.1) is 0 Å². The predicted molar refractivity (Wildman–Crippen MR) is 127 cm³/mol. The van der Waals surface area contributed by atoms with Gasteiger partial charge in [-0.15, -0.1) is 0 Å². The Bertz CT molecular complexity index is 1470. The fourth-order valence-electron chi connectivity index (χ4n) is 3.61. The van der Waals surface area contributed by atoms with Gasteiger partial charge < -0.3 is 14.6 Å². The molecule has 2 aromatic carbocycles. The van der Waals surface area contributed by atoms with Crippen molar-refractivity contribution in [1.82, 2.24) is 4.57 Å². The van der Waals surface area contributed by atoms with Gasteiger partial charge in [-0.2, -0.15) is 0 Å². The zero-order chi connectivity index (χ0) is 24.4. The highest BCUT2D eigenvalue weighted by molar-refractivity contribution is 7.07. The van der Waals surface area contributed by atoms with Gasteiger partial charge in [0.15, 0.2) is 11.4 Å². The van der Waals surface area contributed by atoms with E-state index in [-0.39, 0.29) is 11.1 Å². The van der Waals surface area contributed by atoms with Gasteiger partial charge in [-0.25, -0.2) is 14.6 Å². The third-order valence-corrected chi connectivity index (χ3v) is 6.39. The molecule has 1 atom stereocenters. The maximum atomic E-state index is 13.5. The number of aliphatic carboxylic acids is 1. The summed E-state index contributed by atoms with van der Waals surface area (Å²) in [5.41, 5.74) is 1.87. The van der Waals surface area contributed by atoms with Crippen LogP contribution >= 0.6 is 22.9 Å². The molecule has 0 radical (unpaired) electrons. The van der Waals surface area contributed by atoms with Gasteiger partial charge in [0.05, 0.1) is 29.0 Å². The van der Waals surface area contributed by atoms with Crippen LogP contribution in [0.4, 0.5) is 0 Å². The Morgan fingerprint density at radius 3 is 2.47 bits per heavy atom. The summed E-state index contributed by atoms with van der Waals surface area (Å²) in [6.45, 7) is 1.27. The molecule has 1 N–H and O–H groups in total. The molecule has 0 amide bonds. The van der Waals surface area contributed by atoms with Gasteiger partial charge in [-0.1, -0.05) is 47.2 Å². The molecule has 1 aromatic heterocycles. The summed E-state index contributed by atoms with van der Waals surface area (Å²) in [7, 11) is 1.29. The monoisotopic (exact) mass is 498 g/mol. The highest BCUT2D eigenvalue weighted by Gasteiger charge is 2.33. The van der Waals surface area contributed by atoms with Crippen LogP contribution in [-0.4, -0.2) is 35.3 Å². The average molecular weight is 499 g/mol. The first-order valence-electron chi connectivity index (χ1n) is 10.1. The summed E-state index contributed by atoms with van der Waals surface area (Å²) >= 11 is 7.25. The lowest BCUT2D eigenvalue weighted by molar-refractivity contribution is -0.139. The van der Waals surface area contributed by atoms with Crippen molar-refractivity contribution in [2.75, 3.05) is 13.7 Å². The molecule has 4 rings (SSSR count). The van der Waals surface area contributed by atoms with Crippen LogP contribution in [0.3, 0.4) is 0 Å². The topological polar surface area (TPSA) is 107 Å². The molecule has 0 saturated carbocycles. The first-order valence-corrected chi connectivity index (χ1v) is 11.3. The summed E-state index contributed by atoms with van der Waals surface area (Å²) in [5.74, 6) is -1.23. The summed E-state index contributed by atoms with van der Waals surface area (Å²) in [5, 5.41) is 9.26. The molecule has 34 heavy (non-hydrogen) atoms. The Morgan fingerprint density at radius 1 is 1.18 bits per heavy atom. The molecule has 1 aliphatic rings. The van der Waals surface area contributed by atoms with E-state index in [2.05, 4.69) is 4.99 Å². The summed E-state index contributed by atoms with van der Waals surface area (Å²) < 4.78 is 12.0. The number of carbonyl (C=O) groups excluding carboxylic acids is 1. The largest absolute Gasteiger partial charge is 0.482 e. The van der Waals surface area contributed by atoms with E-state index in [1.54, 1.807) is 61.5 Å². The number of hydrogen-bond acceptors (Lipinski definition) is 7. The first kappa shape index (κ1) is 23.5. The molecule has 0 fully saturated rings. The fraction of sp³-hybridized carbons (Fsp3) is 0.167. The Hall–Kier alpha value is -3.69. The van der Waals surface area contributed by atoms with Crippen LogP contribution in [0.5, 0.6) is 5.75 Å². The van der Waals surface area contributed by atoms with Gasteiger partial charge >= 0.3 is 11.9 Å². The second-order valence-corrected chi connectivity index (χ2v) is 8.82. The fourth-order valence-corrected chi connectivity index (χ4v) is 4.78. The van der Waals surface area contributed by atoms with E-state index in [1.165, 1.54) is 23.0 Å². The van der Waals surface area contributed by atoms with Crippen LogP contribution in [0.15, 0.2) is 69.6 Å². The van der Waals surface area contributed by atoms with Gasteiger partial charge in [-0.05, 0) is 48.4 Å². The lowest BCUT2D eigenvalue weighted by Crippen LogP contribution is -2.39. The van der Waals surface area contributed by atoms with Crippen molar-refractivity contribution < 1.29 is 24.2 Å². The Balaban J connectivity index is 1.81. The molecule has 0 saturated heterocycles. The number of carboxylic acid groups (broad SMARTS) is 1. The molecule has 3 aromatic rings. The van der Waals surface area contributed by atoms with Gasteiger partial charge in [0.25, 0.3) is 5.56 Å². The lowest BCUT2D eigenvalue weighted by atomic mass is 9.96. The molecule has 174 valence electrons. The number of aromatic nitrogens is 1. The molecular weight excluding hydrogens is 480 g/mol. The smallest absolute Gasteiger partial charge is 0.341 e. The van der Waals surface area contributed by atoms with Crippen molar-refractivity contribution in [3.05, 3.63) is 95.6 Å². The number of hydrogen-bond donors (Lipinski definition) is 1. The summed E-state index contributed by atoms with van der Waals surface area (Å²) in [6.07, 6.45) is 1.71. The van der Waals surface area contributed by atoms with Crippen molar-refractivity contribution in [3.8, 4) is 5.75 Å². The highest BCUT2D eigenvalue weighted by atomic mass is 35.5. The third-order valence-electron chi connectivity index (χ3n) is 5.15. The van der Waals surface area contributed by atoms with E-state index >= 15 is 0 Å². The number of fused-ring (bicyclic) bond motifs is 1. The number of carboxylic acids is 1. The molecule has 1 aliphatic heterocycles. The maximum Gasteiger partial charge on any atom is 0.341 e. The van der Waals surface area contributed by atoms with Gasteiger partial charge in [-0.3, -0.25) is 9.36 Å². The summed E-state index contributed by atoms with van der Waals surface area (Å²) in [4.78, 5) is 41.7. The number of carbonyl (C=O) groups is 2. The zero-order valence-corrected chi connectivity index (χ0v) is 19.7. The number of thiazole rings is 1. The number of nitrogens with zero attached hydrogens (tertiary/aromatic N) is 2. The van der Waals surface area contributed by atoms with Crippen LogP contribution in [-0.2, 0) is 14.3 Å². The highest BCUT2D eigenvalue weighted by Crippen LogP contribution is 2.31. The van der Waals surface area contributed by atoms with E-state index in [9.17, 15) is 14.4 Å². The molecule has 0 spiro atoms. The van der Waals surface area contributed by atoms with Crippen molar-refractivity contribution >= 4 is 41.0 Å². The first-order chi connectivity index (χ1) is 16.3. The van der Waals surface area contributed by atoms with E-state index in [1.807, 2.05) is 0 Å². The number of benzene rings is 2. The molecule has 10 heteroatoms. The number of rotatable bonds is 6. The second-order valence-electron chi connectivity index (χ2n) is 7.38. The van der Waals surface area contributed by atoms with Crippen molar-refractivity contribution in [2.24, 2.45) is 4.99 Å². The summed E-state index contributed by atoms with van der Waals surface area (Å²) in [6, 6.07) is 12.9. The van der Waals surface area contributed by atoms with Gasteiger partial charge in [0, 0.05) is 5.02 Å². The molecule has 0 aliphatic carbocycles. The molecule has 1 unspecified atom stereocenters.